The van der Waals surface area contributed by atoms with Gasteiger partial charge in [0.05, 0.1) is 0 Å². The molecule has 0 aromatic heterocycles. The first-order chi connectivity index (χ1) is 11.3. The standard InChI is InChI=1S/C18H15N.C2H6.C2H4/c1-11-3-4-12-6-9-15-16(19-2)10-7-13-5-8-14(11)17(12)18(13)15;2*1-2/h3-10,19H,1-2H3;1-2H3;1-2H2. The summed E-state index contributed by atoms with van der Waals surface area (Å²) in [6.45, 7) is 12.2. The molecule has 0 aliphatic carbocycles. The van der Waals surface area contributed by atoms with Gasteiger partial charge in [0.15, 0.2) is 0 Å². The van der Waals surface area contributed by atoms with Crippen LogP contribution < -0.4 is 5.32 Å². The van der Waals surface area contributed by atoms with Crippen LogP contribution in [-0.2, 0) is 0 Å². The molecule has 0 heterocycles. The second kappa shape index (κ2) is 7.15. The van der Waals surface area contributed by atoms with Crippen LogP contribution in [-0.4, -0.2) is 7.05 Å². The Bertz CT molecular complexity index is 921. The van der Waals surface area contributed by atoms with Gasteiger partial charge in [0.2, 0.25) is 0 Å². The largest absolute Gasteiger partial charge is 0.388 e. The van der Waals surface area contributed by atoms with Crippen molar-refractivity contribution in [1.29, 1.82) is 0 Å². The van der Waals surface area contributed by atoms with Crippen molar-refractivity contribution in [2.24, 2.45) is 0 Å². The Labute approximate surface area is 139 Å². The molecular weight excluding hydrogens is 278 g/mol. The minimum atomic E-state index is 1.20. The van der Waals surface area contributed by atoms with Gasteiger partial charge in [-0.3, -0.25) is 0 Å². The molecule has 0 bridgehead atoms. The summed E-state index contributed by atoms with van der Waals surface area (Å²) in [4.78, 5) is 0. The SMILES string of the molecule is C=C.CC.CNc1ccc2ccc3c(C)ccc4ccc1c2c43. The molecule has 118 valence electrons. The third kappa shape index (κ3) is 2.63. The van der Waals surface area contributed by atoms with Crippen LogP contribution in [0.15, 0.2) is 61.7 Å². The molecule has 0 fully saturated rings. The van der Waals surface area contributed by atoms with Gasteiger partial charge >= 0.3 is 0 Å². The molecule has 0 atom stereocenters. The fourth-order valence-electron chi connectivity index (χ4n) is 3.16. The molecule has 1 N–H and O–H groups in total. The molecule has 23 heavy (non-hydrogen) atoms. The van der Waals surface area contributed by atoms with Crippen LogP contribution in [0.2, 0.25) is 0 Å². The number of nitrogens with one attached hydrogen (secondary N) is 1. The lowest BCUT2D eigenvalue weighted by Crippen LogP contribution is -1.92. The van der Waals surface area contributed by atoms with Crippen molar-refractivity contribution in [2.45, 2.75) is 20.8 Å². The first-order valence-corrected chi connectivity index (χ1v) is 8.14. The third-order valence-electron chi connectivity index (χ3n) is 4.15. The van der Waals surface area contributed by atoms with E-state index in [2.05, 4.69) is 73.9 Å². The highest BCUT2D eigenvalue weighted by Gasteiger charge is 2.10. The summed E-state index contributed by atoms with van der Waals surface area (Å²) < 4.78 is 0. The predicted molar refractivity (Wildman–Crippen MR) is 107 cm³/mol. The van der Waals surface area contributed by atoms with E-state index in [1.54, 1.807) is 0 Å². The zero-order valence-corrected chi connectivity index (χ0v) is 14.5. The molecule has 0 saturated carbocycles. The predicted octanol–water partition coefficient (Wildman–Crippen LogP) is 6.76. The molecule has 0 saturated heterocycles. The number of hydrogen-bond acceptors (Lipinski definition) is 1. The van der Waals surface area contributed by atoms with E-state index in [0.717, 1.165) is 0 Å². The van der Waals surface area contributed by atoms with Gasteiger partial charge in [-0.05, 0) is 45.5 Å². The number of rotatable bonds is 1. The van der Waals surface area contributed by atoms with E-state index in [1.807, 2.05) is 20.9 Å². The van der Waals surface area contributed by atoms with Gasteiger partial charge in [0, 0.05) is 18.1 Å². The van der Waals surface area contributed by atoms with E-state index in [4.69, 9.17) is 0 Å². The van der Waals surface area contributed by atoms with Crippen molar-refractivity contribution >= 4 is 38.0 Å². The number of aryl methyl sites for hydroxylation is 1. The molecule has 4 rings (SSSR count). The zero-order valence-electron chi connectivity index (χ0n) is 14.5. The molecule has 4 aromatic rings. The first kappa shape index (κ1) is 16.8. The summed E-state index contributed by atoms with van der Waals surface area (Å²) in [5, 5.41) is 11.4. The maximum absolute atomic E-state index is 3.30. The molecule has 1 nitrogen and oxygen atoms in total. The minimum absolute atomic E-state index is 1.20. The lowest BCUT2D eigenvalue weighted by atomic mass is 9.92. The molecule has 0 radical (unpaired) electrons. The fraction of sp³-hybridized carbons (Fsp3) is 0.182. The van der Waals surface area contributed by atoms with Gasteiger partial charge in [-0.25, -0.2) is 0 Å². The van der Waals surface area contributed by atoms with Crippen LogP contribution in [0.3, 0.4) is 0 Å². The third-order valence-corrected chi connectivity index (χ3v) is 4.15. The summed E-state index contributed by atoms with van der Waals surface area (Å²) in [6, 6.07) is 17.7. The maximum Gasteiger partial charge on any atom is 0.0417 e. The van der Waals surface area contributed by atoms with E-state index in [9.17, 15) is 0 Å². The topological polar surface area (TPSA) is 12.0 Å². The Hall–Kier alpha value is -2.54. The van der Waals surface area contributed by atoms with E-state index in [1.165, 1.54) is 43.6 Å². The molecule has 4 aromatic carbocycles. The average molecular weight is 303 g/mol. The summed E-state index contributed by atoms with van der Waals surface area (Å²) in [7, 11) is 1.98. The Morgan fingerprint density at radius 3 is 1.78 bits per heavy atom. The summed E-state index contributed by atoms with van der Waals surface area (Å²) in [6.07, 6.45) is 0. The van der Waals surface area contributed by atoms with Crippen molar-refractivity contribution in [2.75, 3.05) is 12.4 Å². The van der Waals surface area contributed by atoms with Gasteiger partial charge in [-0.1, -0.05) is 56.3 Å². The Morgan fingerprint density at radius 1 is 0.696 bits per heavy atom. The molecule has 0 unspecified atom stereocenters. The summed E-state index contributed by atoms with van der Waals surface area (Å²) >= 11 is 0. The maximum atomic E-state index is 3.30. The van der Waals surface area contributed by atoms with E-state index in [0.29, 0.717) is 0 Å². The first-order valence-electron chi connectivity index (χ1n) is 8.14. The normalized spacial score (nSPS) is 10.1. The lowest BCUT2D eigenvalue weighted by molar-refractivity contribution is 1.50. The Kier molecular flexibility index (Phi) is 5.23. The quantitative estimate of drug-likeness (QED) is 0.302. The van der Waals surface area contributed by atoms with Crippen LogP contribution in [0.4, 0.5) is 5.69 Å². The van der Waals surface area contributed by atoms with Crippen molar-refractivity contribution in [3.8, 4) is 0 Å². The molecule has 0 aliphatic heterocycles. The zero-order chi connectivity index (χ0) is 17.0. The summed E-state index contributed by atoms with van der Waals surface area (Å²) in [5.41, 5.74) is 2.54. The van der Waals surface area contributed by atoms with Crippen LogP contribution in [0.1, 0.15) is 19.4 Å². The fourth-order valence-corrected chi connectivity index (χ4v) is 3.16. The molecule has 0 aliphatic rings. The second-order valence-corrected chi connectivity index (χ2v) is 5.17. The van der Waals surface area contributed by atoms with Crippen molar-refractivity contribution in [3.05, 3.63) is 67.3 Å². The number of anilines is 1. The summed E-state index contributed by atoms with van der Waals surface area (Å²) in [5.74, 6) is 0. The van der Waals surface area contributed by atoms with Gasteiger partial charge in [0.1, 0.15) is 0 Å². The number of benzene rings is 4. The van der Waals surface area contributed by atoms with Crippen LogP contribution in [0.25, 0.3) is 32.3 Å². The number of hydrogen-bond donors (Lipinski definition) is 1. The van der Waals surface area contributed by atoms with Gasteiger partial charge in [-0.15, -0.1) is 13.2 Å². The minimum Gasteiger partial charge on any atom is -0.388 e. The Morgan fingerprint density at radius 2 is 1.17 bits per heavy atom. The van der Waals surface area contributed by atoms with Gasteiger partial charge < -0.3 is 5.32 Å². The lowest BCUT2D eigenvalue weighted by Gasteiger charge is -2.14. The van der Waals surface area contributed by atoms with Crippen LogP contribution >= 0.6 is 0 Å². The molecule has 1 heteroatoms. The highest BCUT2D eigenvalue weighted by molar-refractivity contribution is 6.25. The van der Waals surface area contributed by atoms with E-state index in [-0.39, 0.29) is 0 Å². The smallest absolute Gasteiger partial charge is 0.0417 e. The molecule has 0 amide bonds. The second-order valence-electron chi connectivity index (χ2n) is 5.17. The van der Waals surface area contributed by atoms with Crippen LogP contribution in [0, 0.1) is 6.92 Å². The van der Waals surface area contributed by atoms with Gasteiger partial charge in [0.25, 0.3) is 0 Å². The highest BCUT2D eigenvalue weighted by atomic mass is 14.8. The molecule has 0 spiro atoms. The average Bonchev–Trinajstić information content (AvgIpc) is 2.64. The monoisotopic (exact) mass is 303 g/mol. The van der Waals surface area contributed by atoms with E-state index < -0.39 is 0 Å². The van der Waals surface area contributed by atoms with Crippen molar-refractivity contribution in [3.63, 3.8) is 0 Å². The highest BCUT2D eigenvalue weighted by Crippen LogP contribution is 2.38. The van der Waals surface area contributed by atoms with E-state index >= 15 is 0 Å². The molecular formula is C22H25N. The van der Waals surface area contributed by atoms with Crippen molar-refractivity contribution in [1.82, 2.24) is 0 Å². The Balaban J connectivity index is 0.000000448. The van der Waals surface area contributed by atoms with Gasteiger partial charge in [-0.2, -0.15) is 0 Å². The van der Waals surface area contributed by atoms with Crippen molar-refractivity contribution < 1.29 is 0 Å². The van der Waals surface area contributed by atoms with Crippen LogP contribution in [0.5, 0.6) is 0 Å².